The van der Waals surface area contributed by atoms with Crippen molar-refractivity contribution in [3.63, 3.8) is 0 Å². The number of nitrogens with zero attached hydrogens (tertiary/aromatic N) is 1. The number of benzene rings is 2. The van der Waals surface area contributed by atoms with Crippen LogP contribution in [-0.2, 0) is 27.3 Å². The van der Waals surface area contributed by atoms with E-state index in [2.05, 4.69) is 17.0 Å². The molecule has 142 valence electrons. The minimum atomic E-state index is -0.790. The molecule has 0 aromatic heterocycles. The molecule has 1 saturated heterocycles. The molecular formula is C22H25NO4. The summed E-state index contributed by atoms with van der Waals surface area (Å²) in [6.07, 6.45) is 0.172. The summed E-state index contributed by atoms with van der Waals surface area (Å²) in [5.74, 6) is -1.70. The monoisotopic (exact) mass is 367 g/mol. The molecule has 5 nitrogen and oxygen atoms in total. The van der Waals surface area contributed by atoms with Gasteiger partial charge in [0.15, 0.2) is 0 Å². The van der Waals surface area contributed by atoms with Crippen molar-refractivity contribution in [1.29, 1.82) is 0 Å². The Kier molecular flexibility index (Phi) is 6.24. The Morgan fingerprint density at radius 1 is 1.07 bits per heavy atom. The molecular weight excluding hydrogens is 342 g/mol. The number of likely N-dealkylation sites (tertiary alicyclic amines) is 1. The Balaban J connectivity index is 1.81. The Labute approximate surface area is 159 Å². The van der Waals surface area contributed by atoms with Gasteiger partial charge in [-0.25, -0.2) is 0 Å². The third-order valence-corrected chi connectivity index (χ3v) is 5.06. The van der Waals surface area contributed by atoms with Crippen molar-refractivity contribution in [3.8, 4) is 0 Å². The number of aliphatic carboxylic acids is 1. The quantitative estimate of drug-likeness (QED) is 0.762. The van der Waals surface area contributed by atoms with Crippen molar-refractivity contribution in [1.82, 2.24) is 4.90 Å². The Morgan fingerprint density at radius 3 is 2.48 bits per heavy atom. The molecule has 0 spiro atoms. The maximum Gasteiger partial charge on any atom is 0.310 e. The molecule has 2 atom stereocenters. The van der Waals surface area contributed by atoms with Crippen molar-refractivity contribution in [2.45, 2.75) is 25.8 Å². The summed E-state index contributed by atoms with van der Waals surface area (Å²) in [6, 6.07) is 17.7. The summed E-state index contributed by atoms with van der Waals surface area (Å²) in [6.45, 7) is 4.01. The zero-order valence-electron chi connectivity index (χ0n) is 15.5. The summed E-state index contributed by atoms with van der Waals surface area (Å²) < 4.78 is 5.07. The molecule has 2 aromatic carbocycles. The van der Waals surface area contributed by atoms with Crippen LogP contribution in [0.5, 0.6) is 0 Å². The van der Waals surface area contributed by atoms with Crippen LogP contribution in [0.4, 0.5) is 0 Å². The van der Waals surface area contributed by atoms with Gasteiger partial charge in [0.05, 0.1) is 18.9 Å². The van der Waals surface area contributed by atoms with Crippen LogP contribution >= 0.6 is 0 Å². The summed E-state index contributed by atoms with van der Waals surface area (Å²) in [4.78, 5) is 26.0. The highest BCUT2D eigenvalue weighted by atomic mass is 16.5. The maximum atomic E-state index is 12.0. The molecule has 0 bridgehead atoms. The summed E-state index contributed by atoms with van der Waals surface area (Å²) in [5.41, 5.74) is 2.96. The highest BCUT2D eigenvalue weighted by Crippen LogP contribution is 2.35. The van der Waals surface area contributed by atoms with E-state index < -0.39 is 11.9 Å². The zero-order chi connectivity index (χ0) is 19.2. The number of ether oxygens (including phenoxy) is 1. The second-order valence-electron chi connectivity index (χ2n) is 6.91. The summed E-state index contributed by atoms with van der Waals surface area (Å²) in [5, 5.41) is 9.77. The number of carbonyl (C=O) groups is 2. The lowest BCUT2D eigenvalue weighted by molar-refractivity contribution is -0.142. The number of hydrogen-bond donors (Lipinski definition) is 1. The lowest BCUT2D eigenvalue weighted by atomic mass is 9.85. The van der Waals surface area contributed by atoms with Crippen molar-refractivity contribution in [3.05, 3.63) is 71.3 Å². The van der Waals surface area contributed by atoms with Gasteiger partial charge in [0.25, 0.3) is 0 Å². The maximum absolute atomic E-state index is 12.0. The second-order valence-corrected chi connectivity index (χ2v) is 6.91. The largest absolute Gasteiger partial charge is 0.481 e. The zero-order valence-corrected chi connectivity index (χ0v) is 15.5. The average Bonchev–Trinajstić information content (AvgIpc) is 3.07. The number of hydrogen-bond acceptors (Lipinski definition) is 4. The predicted octanol–water partition coefficient (Wildman–Crippen LogP) is 3.09. The van der Waals surface area contributed by atoms with E-state index in [0.717, 1.165) is 17.7 Å². The minimum Gasteiger partial charge on any atom is -0.481 e. The lowest BCUT2D eigenvalue weighted by Gasteiger charge is -2.19. The first-order valence-electron chi connectivity index (χ1n) is 9.31. The fourth-order valence-corrected chi connectivity index (χ4v) is 3.85. The number of rotatable bonds is 7. The predicted molar refractivity (Wildman–Crippen MR) is 102 cm³/mol. The molecule has 1 fully saturated rings. The fraction of sp³-hybridized carbons (Fsp3) is 0.364. The average molecular weight is 367 g/mol. The molecule has 2 aromatic rings. The van der Waals surface area contributed by atoms with E-state index in [1.807, 2.05) is 42.5 Å². The van der Waals surface area contributed by atoms with E-state index in [1.54, 1.807) is 6.92 Å². The Hall–Kier alpha value is -2.66. The molecule has 0 radical (unpaired) electrons. The summed E-state index contributed by atoms with van der Waals surface area (Å²) in [7, 11) is 0. The van der Waals surface area contributed by atoms with Gasteiger partial charge in [-0.3, -0.25) is 14.5 Å². The van der Waals surface area contributed by atoms with Gasteiger partial charge in [0.1, 0.15) is 0 Å². The Morgan fingerprint density at radius 2 is 1.78 bits per heavy atom. The standard InChI is InChI=1S/C22H25NO4/c1-2-27-21(24)12-17-10-6-7-11-18(17)19-14-23(15-20(19)22(25)26)13-16-8-4-3-5-9-16/h3-11,19-20H,2,12-15H2,1H3,(H,25,26). The van der Waals surface area contributed by atoms with E-state index in [4.69, 9.17) is 4.74 Å². The van der Waals surface area contributed by atoms with E-state index in [0.29, 0.717) is 19.7 Å². The SMILES string of the molecule is CCOC(=O)Cc1ccccc1C1CN(Cc2ccccc2)CC1C(=O)O. The van der Waals surface area contributed by atoms with Crippen LogP contribution in [-0.4, -0.2) is 41.6 Å². The minimum absolute atomic E-state index is 0.142. The van der Waals surface area contributed by atoms with E-state index in [-0.39, 0.29) is 18.3 Å². The number of carbonyl (C=O) groups excluding carboxylic acids is 1. The first kappa shape index (κ1) is 19.1. The number of carboxylic acid groups (broad SMARTS) is 1. The first-order chi connectivity index (χ1) is 13.1. The number of carboxylic acids is 1. The summed E-state index contributed by atoms with van der Waals surface area (Å²) >= 11 is 0. The molecule has 5 heteroatoms. The second kappa shape index (κ2) is 8.82. The molecule has 2 unspecified atom stereocenters. The molecule has 1 heterocycles. The third kappa shape index (κ3) is 4.74. The van der Waals surface area contributed by atoms with Gasteiger partial charge in [0, 0.05) is 25.6 Å². The molecule has 0 amide bonds. The van der Waals surface area contributed by atoms with Crippen LogP contribution in [0.2, 0.25) is 0 Å². The lowest BCUT2D eigenvalue weighted by Crippen LogP contribution is -2.23. The van der Waals surface area contributed by atoms with Crippen LogP contribution in [0, 0.1) is 5.92 Å². The molecule has 0 saturated carbocycles. The van der Waals surface area contributed by atoms with E-state index in [1.165, 1.54) is 5.56 Å². The van der Waals surface area contributed by atoms with E-state index >= 15 is 0 Å². The van der Waals surface area contributed by atoms with Crippen LogP contribution in [0.25, 0.3) is 0 Å². The van der Waals surface area contributed by atoms with Crippen molar-refractivity contribution >= 4 is 11.9 Å². The van der Waals surface area contributed by atoms with Crippen LogP contribution in [0.15, 0.2) is 54.6 Å². The number of esters is 1. The van der Waals surface area contributed by atoms with Gasteiger partial charge in [-0.05, 0) is 23.6 Å². The fourth-order valence-electron chi connectivity index (χ4n) is 3.85. The van der Waals surface area contributed by atoms with Crippen molar-refractivity contribution in [2.24, 2.45) is 5.92 Å². The first-order valence-corrected chi connectivity index (χ1v) is 9.31. The Bertz CT molecular complexity index is 790. The molecule has 27 heavy (non-hydrogen) atoms. The molecule has 1 aliphatic rings. The molecule has 0 aliphatic carbocycles. The van der Waals surface area contributed by atoms with Crippen molar-refractivity contribution < 1.29 is 19.4 Å². The van der Waals surface area contributed by atoms with Gasteiger partial charge in [-0.15, -0.1) is 0 Å². The third-order valence-electron chi connectivity index (χ3n) is 5.06. The van der Waals surface area contributed by atoms with Crippen molar-refractivity contribution in [2.75, 3.05) is 19.7 Å². The molecule has 3 rings (SSSR count). The molecule has 1 aliphatic heterocycles. The highest BCUT2D eigenvalue weighted by Gasteiger charge is 2.39. The normalized spacial score (nSPS) is 19.7. The van der Waals surface area contributed by atoms with Crippen LogP contribution < -0.4 is 0 Å². The van der Waals surface area contributed by atoms with Gasteiger partial charge >= 0.3 is 11.9 Å². The van der Waals surface area contributed by atoms with Gasteiger partial charge in [-0.1, -0.05) is 54.6 Å². The molecule has 1 N–H and O–H groups in total. The van der Waals surface area contributed by atoms with E-state index in [9.17, 15) is 14.7 Å². The van der Waals surface area contributed by atoms with Gasteiger partial charge in [-0.2, -0.15) is 0 Å². The topological polar surface area (TPSA) is 66.8 Å². The van der Waals surface area contributed by atoms with Crippen LogP contribution in [0.3, 0.4) is 0 Å². The van der Waals surface area contributed by atoms with Gasteiger partial charge in [0.2, 0.25) is 0 Å². The smallest absolute Gasteiger partial charge is 0.310 e. The highest BCUT2D eigenvalue weighted by molar-refractivity contribution is 5.75. The van der Waals surface area contributed by atoms with Gasteiger partial charge < -0.3 is 9.84 Å². The van der Waals surface area contributed by atoms with Crippen LogP contribution in [0.1, 0.15) is 29.5 Å².